The third-order valence-electron chi connectivity index (χ3n) is 4.16. The highest BCUT2D eigenvalue weighted by molar-refractivity contribution is 6.22. The van der Waals surface area contributed by atoms with Crippen LogP contribution < -0.4 is 0 Å². The number of carbonyl (C=O) groups is 3. The second-order valence-corrected chi connectivity index (χ2v) is 5.94. The van der Waals surface area contributed by atoms with Crippen molar-refractivity contribution in [3.63, 3.8) is 0 Å². The van der Waals surface area contributed by atoms with Gasteiger partial charge in [0.25, 0.3) is 11.8 Å². The molecule has 2 aromatic carbocycles. The molecule has 2 amide bonds. The number of imide groups is 1. The molecule has 26 heavy (non-hydrogen) atoms. The molecular weight excluding hydrogens is 332 g/mol. The summed E-state index contributed by atoms with van der Waals surface area (Å²) in [6, 6.07) is 16.1. The molecule has 0 saturated heterocycles. The lowest BCUT2D eigenvalue weighted by Gasteiger charge is -2.25. The summed E-state index contributed by atoms with van der Waals surface area (Å²) < 4.78 is 5.10. The molecular formula is C20H16N2O4. The van der Waals surface area contributed by atoms with Gasteiger partial charge < -0.3 is 4.74 Å². The van der Waals surface area contributed by atoms with E-state index < -0.39 is 29.9 Å². The molecule has 6 nitrogen and oxygen atoms in total. The van der Waals surface area contributed by atoms with Crippen molar-refractivity contribution in [3.8, 4) is 6.07 Å². The highest BCUT2D eigenvalue weighted by Gasteiger charge is 2.43. The number of carbonyl (C=O) groups excluding carboxylic acids is 3. The minimum absolute atomic E-state index is 0.114. The molecule has 0 N–H and O–H groups in total. The second kappa shape index (κ2) is 7.19. The van der Waals surface area contributed by atoms with Gasteiger partial charge in [0.2, 0.25) is 0 Å². The number of hydrogen-bond donors (Lipinski definition) is 0. The fourth-order valence-corrected chi connectivity index (χ4v) is 2.89. The standard InChI is InChI=1S/C20H16N2O4/c1-13(12-21)26-20(25)17(11-14-7-3-2-4-8-14)22-18(23)15-9-5-6-10-16(15)19(22)24/h2-10,13,17H,11H2,1H3/t13-,17-/m0/s1. The first kappa shape index (κ1) is 17.4. The van der Waals surface area contributed by atoms with E-state index in [1.54, 1.807) is 48.5 Å². The van der Waals surface area contributed by atoms with Gasteiger partial charge in [0, 0.05) is 6.42 Å². The van der Waals surface area contributed by atoms with Gasteiger partial charge in [-0.15, -0.1) is 0 Å². The van der Waals surface area contributed by atoms with E-state index in [-0.39, 0.29) is 17.5 Å². The van der Waals surface area contributed by atoms with Crippen LogP contribution in [0.15, 0.2) is 54.6 Å². The smallest absolute Gasteiger partial charge is 0.331 e. The summed E-state index contributed by atoms with van der Waals surface area (Å²) in [6.45, 7) is 1.43. The molecule has 6 heteroatoms. The third-order valence-corrected chi connectivity index (χ3v) is 4.16. The molecule has 1 aliphatic heterocycles. The van der Waals surface area contributed by atoms with Crippen molar-refractivity contribution in [1.29, 1.82) is 5.26 Å². The number of benzene rings is 2. The van der Waals surface area contributed by atoms with E-state index in [0.29, 0.717) is 0 Å². The van der Waals surface area contributed by atoms with E-state index >= 15 is 0 Å². The van der Waals surface area contributed by atoms with Crippen LogP contribution in [-0.4, -0.2) is 34.8 Å². The Kier molecular flexibility index (Phi) is 4.81. The number of fused-ring (bicyclic) bond motifs is 1. The van der Waals surface area contributed by atoms with Gasteiger partial charge in [-0.25, -0.2) is 4.79 Å². The van der Waals surface area contributed by atoms with Gasteiger partial charge in [0.1, 0.15) is 12.1 Å². The topological polar surface area (TPSA) is 87.5 Å². The average Bonchev–Trinajstić information content (AvgIpc) is 2.91. The Balaban J connectivity index is 1.96. The van der Waals surface area contributed by atoms with E-state index in [0.717, 1.165) is 10.5 Å². The maximum atomic E-state index is 12.7. The Hall–Kier alpha value is -3.46. The summed E-state index contributed by atoms with van der Waals surface area (Å²) in [5, 5.41) is 8.89. The van der Waals surface area contributed by atoms with E-state index in [9.17, 15) is 14.4 Å². The van der Waals surface area contributed by atoms with Crippen LogP contribution in [0.5, 0.6) is 0 Å². The van der Waals surface area contributed by atoms with E-state index in [4.69, 9.17) is 10.00 Å². The number of nitrogens with zero attached hydrogens (tertiary/aromatic N) is 2. The van der Waals surface area contributed by atoms with Crippen LogP contribution in [0.2, 0.25) is 0 Å². The van der Waals surface area contributed by atoms with Crippen LogP contribution in [0, 0.1) is 11.3 Å². The molecule has 0 unspecified atom stereocenters. The van der Waals surface area contributed by atoms with Crippen molar-refractivity contribution in [2.24, 2.45) is 0 Å². The quantitative estimate of drug-likeness (QED) is 0.611. The Labute approximate surface area is 150 Å². The second-order valence-electron chi connectivity index (χ2n) is 5.94. The first-order valence-electron chi connectivity index (χ1n) is 8.14. The molecule has 1 aliphatic rings. The zero-order chi connectivity index (χ0) is 18.7. The number of esters is 1. The Morgan fingerprint density at radius 1 is 1.04 bits per heavy atom. The predicted octanol–water partition coefficient (Wildman–Crippen LogP) is 2.35. The molecule has 0 bridgehead atoms. The van der Waals surface area contributed by atoms with Crippen molar-refractivity contribution in [2.45, 2.75) is 25.5 Å². The van der Waals surface area contributed by atoms with Gasteiger partial charge in [0.15, 0.2) is 6.10 Å². The molecule has 0 saturated carbocycles. The summed E-state index contributed by atoms with van der Waals surface area (Å²) in [5.74, 6) is -1.85. The van der Waals surface area contributed by atoms with Crippen molar-refractivity contribution in [1.82, 2.24) is 4.90 Å². The normalized spacial score (nSPS) is 15.2. The summed E-state index contributed by atoms with van der Waals surface area (Å²) in [7, 11) is 0. The van der Waals surface area contributed by atoms with Gasteiger partial charge in [0.05, 0.1) is 11.1 Å². The Morgan fingerprint density at radius 3 is 2.12 bits per heavy atom. The lowest BCUT2D eigenvalue weighted by Crippen LogP contribution is -2.47. The van der Waals surface area contributed by atoms with Gasteiger partial charge in [-0.3, -0.25) is 14.5 Å². The maximum absolute atomic E-state index is 12.7. The molecule has 0 fully saturated rings. The highest BCUT2D eigenvalue weighted by atomic mass is 16.5. The lowest BCUT2D eigenvalue weighted by atomic mass is 10.0. The fraction of sp³-hybridized carbons (Fsp3) is 0.200. The lowest BCUT2D eigenvalue weighted by molar-refractivity contribution is -0.150. The number of rotatable bonds is 5. The minimum atomic E-state index is -1.14. The largest absolute Gasteiger partial charge is 0.446 e. The monoisotopic (exact) mass is 348 g/mol. The number of nitriles is 1. The van der Waals surface area contributed by atoms with Crippen LogP contribution in [-0.2, 0) is 16.0 Å². The molecule has 2 aromatic rings. The van der Waals surface area contributed by atoms with E-state index in [1.807, 2.05) is 12.1 Å². The van der Waals surface area contributed by atoms with Gasteiger partial charge in [-0.05, 0) is 24.6 Å². The Morgan fingerprint density at radius 2 is 1.58 bits per heavy atom. The number of ether oxygens (including phenoxy) is 1. The van der Waals surface area contributed by atoms with E-state index in [2.05, 4.69) is 0 Å². The predicted molar refractivity (Wildman–Crippen MR) is 92.0 cm³/mol. The first-order chi connectivity index (χ1) is 12.5. The van der Waals surface area contributed by atoms with Crippen molar-refractivity contribution in [3.05, 3.63) is 71.3 Å². The molecule has 1 heterocycles. The van der Waals surface area contributed by atoms with Crippen LogP contribution in [0.3, 0.4) is 0 Å². The molecule has 3 rings (SSSR count). The SMILES string of the molecule is C[C@@H](C#N)OC(=O)[C@H](Cc1ccccc1)N1C(=O)c2ccccc2C1=O. The van der Waals surface area contributed by atoms with Crippen LogP contribution in [0.25, 0.3) is 0 Å². The highest BCUT2D eigenvalue weighted by Crippen LogP contribution is 2.26. The maximum Gasteiger partial charge on any atom is 0.331 e. The molecule has 0 spiro atoms. The summed E-state index contributed by atoms with van der Waals surface area (Å²) in [6.07, 6.45) is -0.862. The summed E-state index contributed by atoms with van der Waals surface area (Å²) in [4.78, 5) is 39.0. The van der Waals surface area contributed by atoms with Gasteiger partial charge in [-0.1, -0.05) is 42.5 Å². The van der Waals surface area contributed by atoms with Crippen LogP contribution >= 0.6 is 0 Å². The number of hydrogen-bond acceptors (Lipinski definition) is 5. The van der Waals surface area contributed by atoms with Crippen molar-refractivity contribution < 1.29 is 19.1 Å². The van der Waals surface area contributed by atoms with Crippen molar-refractivity contribution in [2.75, 3.05) is 0 Å². The molecule has 0 radical (unpaired) electrons. The summed E-state index contributed by atoms with van der Waals surface area (Å²) in [5.41, 5.74) is 1.30. The molecule has 0 aliphatic carbocycles. The molecule has 130 valence electrons. The van der Waals surface area contributed by atoms with Crippen LogP contribution in [0.1, 0.15) is 33.2 Å². The third kappa shape index (κ3) is 3.20. The van der Waals surface area contributed by atoms with Crippen molar-refractivity contribution >= 4 is 17.8 Å². The zero-order valence-electron chi connectivity index (χ0n) is 14.1. The first-order valence-corrected chi connectivity index (χ1v) is 8.14. The fourth-order valence-electron chi connectivity index (χ4n) is 2.89. The average molecular weight is 348 g/mol. The molecule has 2 atom stereocenters. The number of amides is 2. The van der Waals surface area contributed by atoms with Crippen LogP contribution in [0.4, 0.5) is 0 Å². The minimum Gasteiger partial charge on any atom is -0.446 e. The van der Waals surface area contributed by atoms with E-state index in [1.165, 1.54) is 6.92 Å². The van der Waals surface area contributed by atoms with Gasteiger partial charge in [-0.2, -0.15) is 5.26 Å². The molecule has 0 aromatic heterocycles. The van der Waals surface area contributed by atoms with Gasteiger partial charge >= 0.3 is 5.97 Å². The zero-order valence-corrected chi connectivity index (χ0v) is 14.1. The summed E-state index contributed by atoms with van der Waals surface area (Å²) >= 11 is 0. The Bertz CT molecular complexity index is 867.